The first-order valence-corrected chi connectivity index (χ1v) is 9.56. The summed E-state index contributed by atoms with van der Waals surface area (Å²) in [6, 6.07) is 17.5. The van der Waals surface area contributed by atoms with Gasteiger partial charge in [0, 0.05) is 11.6 Å². The molecule has 0 fully saturated rings. The second-order valence-corrected chi connectivity index (χ2v) is 7.22. The zero-order valence-electron chi connectivity index (χ0n) is 16.9. The van der Waals surface area contributed by atoms with Crippen molar-refractivity contribution in [3.05, 3.63) is 95.1 Å². The van der Waals surface area contributed by atoms with Gasteiger partial charge in [0.15, 0.2) is 0 Å². The summed E-state index contributed by atoms with van der Waals surface area (Å²) < 4.78 is 29.2. The molecular formula is C24H19F2N3O2. The second-order valence-electron chi connectivity index (χ2n) is 7.22. The lowest BCUT2D eigenvalue weighted by atomic mass is 10.1. The van der Waals surface area contributed by atoms with Gasteiger partial charge in [0.2, 0.25) is 0 Å². The van der Waals surface area contributed by atoms with Crippen molar-refractivity contribution in [3.8, 4) is 16.9 Å². The monoisotopic (exact) mass is 419 g/mol. The SMILES string of the molecule is Cc1ccc(C)c(-n2nc(-c3ccc(F)cc3)cc2Nc2cccc(F)c2C(=O)O)c1. The van der Waals surface area contributed by atoms with Gasteiger partial charge in [-0.1, -0.05) is 18.2 Å². The summed E-state index contributed by atoms with van der Waals surface area (Å²) >= 11 is 0. The van der Waals surface area contributed by atoms with Crippen molar-refractivity contribution >= 4 is 17.5 Å². The molecule has 4 rings (SSSR count). The Balaban J connectivity index is 1.89. The molecule has 0 aliphatic carbocycles. The lowest BCUT2D eigenvalue weighted by Gasteiger charge is -2.14. The van der Waals surface area contributed by atoms with Crippen molar-refractivity contribution < 1.29 is 18.7 Å². The number of aromatic carboxylic acids is 1. The summed E-state index contributed by atoms with van der Waals surface area (Å²) in [6.07, 6.45) is 0. The summed E-state index contributed by atoms with van der Waals surface area (Å²) in [4.78, 5) is 11.6. The average molecular weight is 419 g/mol. The molecule has 0 bridgehead atoms. The quantitative estimate of drug-likeness (QED) is 0.424. The van der Waals surface area contributed by atoms with Gasteiger partial charge in [-0.2, -0.15) is 5.10 Å². The van der Waals surface area contributed by atoms with Gasteiger partial charge >= 0.3 is 5.97 Å². The van der Waals surface area contributed by atoms with Crippen molar-refractivity contribution in [2.75, 3.05) is 5.32 Å². The van der Waals surface area contributed by atoms with E-state index in [0.29, 0.717) is 17.1 Å². The number of benzene rings is 3. The van der Waals surface area contributed by atoms with Gasteiger partial charge in [-0.3, -0.25) is 0 Å². The fraction of sp³-hybridized carbons (Fsp3) is 0.0833. The van der Waals surface area contributed by atoms with E-state index in [9.17, 15) is 18.7 Å². The number of hydrogen-bond acceptors (Lipinski definition) is 3. The van der Waals surface area contributed by atoms with E-state index in [1.807, 2.05) is 32.0 Å². The molecule has 0 unspecified atom stereocenters. The summed E-state index contributed by atoms with van der Waals surface area (Å²) in [5, 5.41) is 17.1. The van der Waals surface area contributed by atoms with Crippen LogP contribution < -0.4 is 5.32 Å². The van der Waals surface area contributed by atoms with Crippen LogP contribution >= 0.6 is 0 Å². The molecule has 3 aromatic carbocycles. The summed E-state index contributed by atoms with van der Waals surface area (Å²) in [5.41, 5.74) is 3.62. The molecule has 31 heavy (non-hydrogen) atoms. The third-order valence-electron chi connectivity index (χ3n) is 4.93. The highest BCUT2D eigenvalue weighted by Gasteiger charge is 2.19. The highest BCUT2D eigenvalue weighted by atomic mass is 19.1. The van der Waals surface area contributed by atoms with Crippen LogP contribution in [0.4, 0.5) is 20.3 Å². The molecule has 1 heterocycles. The first-order chi connectivity index (χ1) is 14.8. The Bertz CT molecular complexity index is 1280. The fourth-order valence-corrected chi connectivity index (χ4v) is 3.35. The smallest absolute Gasteiger partial charge is 0.340 e. The number of aromatic nitrogens is 2. The minimum absolute atomic E-state index is 0.101. The normalized spacial score (nSPS) is 10.8. The Morgan fingerprint density at radius 2 is 1.74 bits per heavy atom. The number of nitrogens with zero attached hydrogens (tertiary/aromatic N) is 2. The van der Waals surface area contributed by atoms with E-state index in [1.54, 1.807) is 22.9 Å². The van der Waals surface area contributed by atoms with Gasteiger partial charge in [0.25, 0.3) is 0 Å². The molecule has 0 aliphatic rings. The second kappa shape index (κ2) is 8.02. The van der Waals surface area contributed by atoms with Crippen molar-refractivity contribution in [3.63, 3.8) is 0 Å². The van der Waals surface area contributed by atoms with Gasteiger partial charge in [-0.05, 0) is 67.4 Å². The number of hydrogen-bond donors (Lipinski definition) is 2. The molecule has 0 amide bonds. The van der Waals surface area contributed by atoms with Gasteiger partial charge in [-0.25, -0.2) is 18.3 Å². The molecule has 0 saturated carbocycles. The number of aryl methyl sites for hydroxylation is 2. The molecule has 5 nitrogen and oxygen atoms in total. The summed E-state index contributed by atoms with van der Waals surface area (Å²) in [6.45, 7) is 3.89. The van der Waals surface area contributed by atoms with Crippen LogP contribution in [0.3, 0.4) is 0 Å². The Labute approximate surface area is 177 Å². The van der Waals surface area contributed by atoms with Crippen LogP contribution in [0.5, 0.6) is 0 Å². The Morgan fingerprint density at radius 3 is 2.45 bits per heavy atom. The predicted molar refractivity (Wildman–Crippen MR) is 115 cm³/mol. The van der Waals surface area contributed by atoms with Crippen LogP contribution in [-0.2, 0) is 0 Å². The molecule has 7 heteroatoms. The molecule has 0 saturated heterocycles. The van der Waals surface area contributed by atoms with Crippen LogP contribution in [0, 0.1) is 25.5 Å². The molecule has 4 aromatic rings. The first-order valence-electron chi connectivity index (χ1n) is 9.56. The largest absolute Gasteiger partial charge is 0.478 e. The molecule has 0 aliphatic heterocycles. The predicted octanol–water partition coefficient (Wildman–Crippen LogP) is 5.88. The minimum atomic E-state index is -1.38. The molecule has 2 N–H and O–H groups in total. The van der Waals surface area contributed by atoms with Crippen LogP contribution in [-0.4, -0.2) is 20.9 Å². The zero-order chi connectivity index (χ0) is 22.1. The van der Waals surface area contributed by atoms with E-state index in [2.05, 4.69) is 10.4 Å². The van der Waals surface area contributed by atoms with Crippen molar-refractivity contribution in [2.24, 2.45) is 0 Å². The molecular weight excluding hydrogens is 400 g/mol. The fourth-order valence-electron chi connectivity index (χ4n) is 3.35. The number of carboxylic acids is 1. The number of halogens is 2. The van der Waals surface area contributed by atoms with Gasteiger partial charge in [0.1, 0.15) is 23.0 Å². The topological polar surface area (TPSA) is 67.2 Å². The average Bonchev–Trinajstić information content (AvgIpc) is 3.13. The maximum atomic E-state index is 14.2. The molecule has 156 valence electrons. The third-order valence-corrected chi connectivity index (χ3v) is 4.93. The van der Waals surface area contributed by atoms with Gasteiger partial charge < -0.3 is 10.4 Å². The third kappa shape index (κ3) is 4.02. The number of carboxylic acid groups (broad SMARTS) is 1. The first kappa shape index (κ1) is 20.3. The Kier molecular flexibility index (Phi) is 5.25. The number of anilines is 2. The van der Waals surface area contributed by atoms with Crippen molar-refractivity contribution in [1.29, 1.82) is 0 Å². The summed E-state index contributed by atoms with van der Waals surface area (Å²) in [5.74, 6) is -2.13. The highest BCUT2D eigenvalue weighted by Crippen LogP contribution is 2.30. The Hall–Kier alpha value is -4.00. The van der Waals surface area contributed by atoms with Crippen molar-refractivity contribution in [2.45, 2.75) is 13.8 Å². The lowest BCUT2D eigenvalue weighted by Crippen LogP contribution is -2.09. The maximum absolute atomic E-state index is 14.2. The number of nitrogens with one attached hydrogen (secondary N) is 1. The van der Waals surface area contributed by atoms with Gasteiger partial charge in [-0.15, -0.1) is 0 Å². The molecule has 0 spiro atoms. The maximum Gasteiger partial charge on any atom is 0.340 e. The molecule has 0 atom stereocenters. The van der Waals surface area contributed by atoms with Crippen LogP contribution in [0.2, 0.25) is 0 Å². The minimum Gasteiger partial charge on any atom is -0.478 e. The number of rotatable bonds is 5. The van der Waals surface area contributed by atoms with Crippen molar-refractivity contribution in [1.82, 2.24) is 9.78 Å². The van der Waals surface area contributed by atoms with E-state index in [4.69, 9.17) is 0 Å². The standard InChI is InChI=1S/C24H19F2N3O2/c1-14-6-7-15(2)21(12-14)29-22(13-20(28-29)16-8-10-17(25)11-9-16)27-19-5-3-4-18(26)23(19)24(30)31/h3-13,27H,1-2H3,(H,30,31). The lowest BCUT2D eigenvalue weighted by molar-refractivity contribution is 0.0693. The van der Waals surface area contributed by atoms with E-state index < -0.39 is 17.3 Å². The van der Waals surface area contributed by atoms with E-state index in [0.717, 1.165) is 22.9 Å². The van der Waals surface area contributed by atoms with E-state index in [1.165, 1.54) is 24.3 Å². The highest BCUT2D eigenvalue weighted by molar-refractivity contribution is 5.95. The van der Waals surface area contributed by atoms with Crippen LogP contribution in [0.25, 0.3) is 16.9 Å². The number of carbonyl (C=O) groups is 1. The molecule has 1 aromatic heterocycles. The Morgan fingerprint density at radius 1 is 1.00 bits per heavy atom. The van der Waals surface area contributed by atoms with Crippen LogP contribution in [0.15, 0.2) is 66.7 Å². The summed E-state index contributed by atoms with van der Waals surface area (Å²) in [7, 11) is 0. The van der Waals surface area contributed by atoms with Gasteiger partial charge in [0.05, 0.1) is 17.1 Å². The van der Waals surface area contributed by atoms with E-state index in [-0.39, 0.29) is 11.5 Å². The van der Waals surface area contributed by atoms with Crippen LogP contribution in [0.1, 0.15) is 21.5 Å². The zero-order valence-corrected chi connectivity index (χ0v) is 16.9. The van der Waals surface area contributed by atoms with E-state index >= 15 is 0 Å². The molecule has 0 radical (unpaired) electrons.